The Morgan fingerprint density at radius 2 is 2.07 bits per heavy atom. The van der Waals surface area contributed by atoms with Crippen LogP contribution in [0.2, 0.25) is 5.02 Å². The van der Waals surface area contributed by atoms with Gasteiger partial charge in [-0.2, -0.15) is 0 Å². The van der Waals surface area contributed by atoms with E-state index in [0.717, 1.165) is 26.0 Å². The Balaban J connectivity index is 2.53. The molecule has 15 heavy (non-hydrogen) atoms. The van der Waals surface area contributed by atoms with Crippen LogP contribution in [0.5, 0.6) is 0 Å². The maximum atomic E-state index is 5.94. The molecule has 0 unspecified atom stereocenters. The lowest BCUT2D eigenvalue weighted by atomic mass is 10.1. The predicted molar refractivity (Wildman–Crippen MR) is 66.5 cm³/mol. The summed E-state index contributed by atoms with van der Waals surface area (Å²) in [5.74, 6) is 0. The number of hydrogen-bond acceptors (Lipinski definition) is 3. The summed E-state index contributed by atoms with van der Waals surface area (Å²) < 4.78 is 1.13. The Labute approximate surface area is 95.3 Å². The molecule has 74 valence electrons. The average Bonchev–Trinajstić information content (AvgIpc) is 2.58. The topological polar surface area (TPSA) is 38.9 Å². The van der Waals surface area contributed by atoms with Crippen molar-refractivity contribution < 1.29 is 0 Å². The number of hydrogen-bond donors (Lipinski definition) is 1. The van der Waals surface area contributed by atoms with Gasteiger partial charge < -0.3 is 5.73 Å². The minimum Gasteiger partial charge on any atom is -0.375 e. The molecule has 3 rings (SSSR count). The van der Waals surface area contributed by atoms with Crippen LogP contribution in [0.3, 0.4) is 0 Å². The number of halogens is 1. The highest BCUT2D eigenvalue weighted by atomic mass is 35.5. The highest BCUT2D eigenvalue weighted by Crippen LogP contribution is 2.32. The predicted octanol–water partition coefficient (Wildman–Crippen LogP) is 3.69. The second-order valence-corrected chi connectivity index (χ2v) is 4.80. The first-order valence-corrected chi connectivity index (χ1v) is 5.68. The van der Waals surface area contributed by atoms with Crippen molar-refractivity contribution >= 4 is 49.1 Å². The van der Waals surface area contributed by atoms with Gasteiger partial charge in [-0.05, 0) is 23.6 Å². The molecule has 2 aromatic carbocycles. The molecule has 1 heterocycles. The number of rotatable bonds is 0. The van der Waals surface area contributed by atoms with Gasteiger partial charge in [0.2, 0.25) is 0 Å². The molecule has 3 aromatic rings. The smallest absolute Gasteiger partial charge is 0.181 e. The summed E-state index contributed by atoms with van der Waals surface area (Å²) >= 11 is 7.45. The second kappa shape index (κ2) is 3.08. The van der Waals surface area contributed by atoms with Crippen LogP contribution in [0.4, 0.5) is 5.13 Å². The van der Waals surface area contributed by atoms with E-state index in [4.69, 9.17) is 17.3 Å². The summed E-state index contributed by atoms with van der Waals surface area (Å²) in [6.45, 7) is 0. The number of nitrogens with zero attached hydrogens (tertiary/aromatic N) is 1. The van der Waals surface area contributed by atoms with Gasteiger partial charge in [-0.15, -0.1) is 0 Å². The molecule has 2 nitrogen and oxygen atoms in total. The first-order valence-electron chi connectivity index (χ1n) is 4.48. The number of nitrogens with two attached hydrogens (primary N) is 1. The molecule has 0 aliphatic carbocycles. The zero-order valence-corrected chi connectivity index (χ0v) is 9.27. The summed E-state index contributed by atoms with van der Waals surface area (Å²) in [6, 6.07) is 9.84. The summed E-state index contributed by atoms with van der Waals surface area (Å²) in [7, 11) is 0. The van der Waals surface area contributed by atoms with E-state index in [9.17, 15) is 0 Å². The monoisotopic (exact) mass is 234 g/mol. The number of nitrogen functional groups attached to an aromatic ring is 1. The molecule has 0 amide bonds. The average molecular weight is 235 g/mol. The normalized spacial score (nSPS) is 11.3. The van der Waals surface area contributed by atoms with Crippen molar-refractivity contribution in [1.29, 1.82) is 0 Å². The summed E-state index contributed by atoms with van der Waals surface area (Å²) in [4.78, 5) is 4.25. The molecule has 0 fully saturated rings. The van der Waals surface area contributed by atoms with Gasteiger partial charge in [0.15, 0.2) is 5.13 Å². The summed E-state index contributed by atoms with van der Waals surface area (Å²) in [5.41, 5.74) is 6.64. The molecule has 0 aliphatic rings. The third-order valence-electron chi connectivity index (χ3n) is 2.35. The van der Waals surface area contributed by atoms with Crippen LogP contribution in [0.25, 0.3) is 21.0 Å². The maximum absolute atomic E-state index is 5.94. The van der Waals surface area contributed by atoms with E-state index in [0.29, 0.717) is 5.13 Å². The van der Waals surface area contributed by atoms with Gasteiger partial charge in [-0.1, -0.05) is 35.1 Å². The van der Waals surface area contributed by atoms with E-state index < -0.39 is 0 Å². The van der Waals surface area contributed by atoms with E-state index in [1.165, 1.54) is 11.3 Å². The van der Waals surface area contributed by atoms with Crippen LogP contribution in [0.15, 0.2) is 30.3 Å². The van der Waals surface area contributed by atoms with Gasteiger partial charge in [0.1, 0.15) is 0 Å². The number of aromatic nitrogens is 1. The molecular formula is C11H7ClN2S. The van der Waals surface area contributed by atoms with Crippen LogP contribution in [-0.4, -0.2) is 4.98 Å². The molecule has 0 aliphatic heterocycles. The van der Waals surface area contributed by atoms with Crippen LogP contribution in [-0.2, 0) is 0 Å². The van der Waals surface area contributed by atoms with Crippen LogP contribution >= 0.6 is 22.9 Å². The first-order chi connectivity index (χ1) is 7.24. The molecular weight excluding hydrogens is 228 g/mol. The SMILES string of the molecule is Nc1nc2ccc3cc(Cl)ccc3c2s1. The largest absolute Gasteiger partial charge is 0.375 e. The Kier molecular flexibility index (Phi) is 1.84. The van der Waals surface area contributed by atoms with Crippen LogP contribution in [0.1, 0.15) is 0 Å². The lowest BCUT2D eigenvalue weighted by Gasteiger charge is -1.98. The lowest BCUT2D eigenvalue weighted by Crippen LogP contribution is -1.78. The highest BCUT2D eigenvalue weighted by Gasteiger charge is 2.05. The number of anilines is 1. The fourth-order valence-electron chi connectivity index (χ4n) is 1.70. The molecule has 4 heteroatoms. The maximum Gasteiger partial charge on any atom is 0.181 e. The standard InChI is InChI=1S/C11H7ClN2S/c12-7-2-3-8-6(5-7)1-4-9-10(8)15-11(13)14-9/h1-5H,(H2,13,14). The van der Waals surface area contributed by atoms with Crippen molar-refractivity contribution in [3.05, 3.63) is 35.4 Å². The number of thiazole rings is 1. The van der Waals surface area contributed by atoms with Gasteiger partial charge in [-0.25, -0.2) is 4.98 Å². The van der Waals surface area contributed by atoms with Crippen molar-refractivity contribution in [2.45, 2.75) is 0 Å². The van der Waals surface area contributed by atoms with E-state index in [2.05, 4.69) is 4.98 Å². The Bertz CT molecular complexity index is 660. The fraction of sp³-hybridized carbons (Fsp3) is 0. The van der Waals surface area contributed by atoms with Crippen molar-refractivity contribution in [3.8, 4) is 0 Å². The lowest BCUT2D eigenvalue weighted by molar-refractivity contribution is 1.50. The van der Waals surface area contributed by atoms with Crippen molar-refractivity contribution in [2.75, 3.05) is 5.73 Å². The van der Waals surface area contributed by atoms with Gasteiger partial charge in [0, 0.05) is 10.4 Å². The zero-order chi connectivity index (χ0) is 10.4. The van der Waals surface area contributed by atoms with E-state index in [1.807, 2.05) is 30.3 Å². The third kappa shape index (κ3) is 1.35. The molecule has 0 radical (unpaired) electrons. The molecule has 0 saturated heterocycles. The third-order valence-corrected chi connectivity index (χ3v) is 3.52. The van der Waals surface area contributed by atoms with Crippen molar-refractivity contribution in [2.24, 2.45) is 0 Å². The molecule has 0 atom stereocenters. The fourth-order valence-corrected chi connectivity index (χ4v) is 2.75. The van der Waals surface area contributed by atoms with Gasteiger partial charge >= 0.3 is 0 Å². The minimum absolute atomic E-state index is 0.604. The zero-order valence-electron chi connectivity index (χ0n) is 7.70. The van der Waals surface area contributed by atoms with E-state index in [1.54, 1.807) is 0 Å². The molecule has 0 bridgehead atoms. The van der Waals surface area contributed by atoms with Crippen molar-refractivity contribution in [1.82, 2.24) is 4.98 Å². The van der Waals surface area contributed by atoms with Gasteiger partial charge in [0.05, 0.1) is 10.2 Å². The van der Waals surface area contributed by atoms with Gasteiger partial charge in [0.25, 0.3) is 0 Å². The summed E-state index contributed by atoms with van der Waals surface area (Å²) in [6.07, 6.45) is 0. The number of benzene rings is 2. The minimum atomic E-state index is 0.604. The van der Waals surface area contributed by atoms with Crippen molar-refractivity contribution in [3.63, 3.8) is 0 Å². The van der Waals surface area contributed by atoms with E-state index in [-0.39, 0.29) is 0 Å². The molecule has 2 N–H and O–H groups in total. The van der Waals surface area contributed by atoms with Gasteiger partial charge in [-0.3, -0.25) is 0 Å². The quantitative estimate of drug-likeness (QED) is 0.644. The Morgan fingerprint density at radius 3 is 2.93 bits per heavy atom. The van der Waals surface area contributed by atoms with Crippen LogP contribution < -0.4 is 5.73 Å². The Morgan fingerprint density at radius 1 is 1.20 bits per heavy atom. The second-order valence-electron chi connectivity index (χ2n) is 3.33. The first kappa shape index (κ1) is 8.95. The summed E-state index contributed by atoms with van der Waals surface area (Å²) in [5, 5.41) is 3.64. The van der Waals surface area contributed by atoms with E-state index >= 15 is 0 Å². The molecule has 0 spiro atoms. The Hall–Kier alpha value is -1.32. The highest BCUT2D eigenvalue weighted by molar-refractivity contribution is 7.23. The van der Waals surface area contributed by atoms with Crippen LogP contribution in [0, 0.1) is 0 Å². The molecule has 0 saturated carbocycles. The number of fused-ring (bicyclic) bond motifs is 3. The molecule has 1 aromatic heterocycles.